The van der Waals surface area contributed by atoms with Gasteiger partial charge in [-0.25, -0.2) is 9.13 Å². The first kappa shape index (κ1) is 33.1. The lowest BCUT2D eigenvalue weighted by Crippen LogP contribution is -2.20. The summed E-state index contributed by atoms with van der Waals surface area (Å²) in [6.45, 7) is 15.5. The van der Waals surface area contributed by atoms with Crippen LogP contribution < -0.4 is 28.7 Å². The number of benzene rings is 5. The molecule has 0 fully saturated rings. The normalized spacial score (nSPS) is 11.7. The summed E-state index contributed by atoms with van der Waals surface area (Å²) >= 11 is 0. The highest BCUT2D eigenvalue weighted by atomic mass is 31.2. The lowest BCUT2D eigenvalue weighted by molar-refractivity contribution is 0.395. The van der Waals surface area contributed by atoms with Crippen LogP contribution in [-0.2, 0) is 9.13 Å². The molecular weight excluding hydrogens is 614 g/mol. The van der Waals surface area contributed by atoms with Crippen molar-refractivity contribution in [2.45, 2.75) is 55.4 Å². The van der Waals surface area contributed by atoms with E-state index in [1.807, 2.05) is 104 Å². The first-order valence-electron chi connectivity index (χ1n) is 15.1. The van der Waals surface area contributed by atoms with Gasteiger partial charge in [-0.2, -0.15) is 0 Å². The first-order valence-corrected chi connectivity index (χ1v) is 18.2. The fourth-order valence-electron chi connectivity index (χ4n) is 5.19. The Morgan fingerprint density at radius 2 is 0.565 bits per heavy atom. The van der Waals surface area contributed by atoms with Crippen LogP contribution in [0, 0.1) is 55.4 Å². The summed E-state index contributed by atoms with van der Waals surface area (Å²) in [4.78, 5) is 0. The largest absolute Gasteiger partial charge is 0.462 e. The average Bonchev–Trinajstić information content (AvgIpc) is 2.99. The van der Waals surface area contributed by atoms with E-state index in [2.05, 4.69) is 0 Å². The van der Waals surface area contributed by atoms with Gasteiger partial charge in [0, 0.05) is 0 Å². The van der Waals surface area contributed by atoms with Crippen LogP contribution in [0.3, 0.4) is 0 Å². The molecule has 0 aromatic heterocycles. The second-order valence-corrected chi connectivity index (χ2v) is 15.7. The maximum atomic E-state index is 14.7. The Bertz CT molecular complexity index is 1740. The zero-order chi connectivity index (χ0) is 33.2. The van der Waals surface area contributed by atoms with Crippen molar-refractivity contribution in [1.29, 1.82) is 0 Å². The molecular formula is C38H40O6P2. The summed E-state index contributed by atoms with van der Waals surface area (Å²) in [6.07, 6.45) is 0. The van der Waals surface area contributed by atoms with Crippen molar-refractivity contribution < 1.29 is 27.2 Å². The third-order valence-corrected chi connectivity index (χ3v) is 11.3. The molecule has 8 heteroatoms. The predicted molar refractivity (Wildman–Crippen MR) is 187 cm³/mol. The number of rotatable bonds is 10. The van der Waals surface area contributed by atoms with Crippen molar-refractivity contribution >= 4 is 25.8 Å². The van der Waals surface area contributed by atoms with Gasteiger partial charge in [0.1, 0.15) is 23.0 Å². The average molecular weight is 655 g/mol. The van der Waals surface area contributed by atoms with Gasteiger partial charge >= 0.3 is 15.2 Å². The standard InChI is InChI=1S/C38H40O6P2/c1-25-9-17-35(29(5)21-25)41-45(39,42-36-18-10-26(2)22-30(36)6)33-13-15-34(16-14-33)46(40,43-37-19-11-27(3)23-31(37)7)44-38-20-12-28(4)24-32(38)8/h9-24H,1-8H3. The quantitative estimate of drug-likeness (QED) is 0.140. The van der Waals surface area contributed by atoms with Crippen LogP contribution in [0.15, 0.2) is 97.1 Å². The van der Waals surface area contributed by atoms with Crippen LogP contribution in [0.2, 0.25) is 0 Å². The summed E-state index contributed by atoms with van der Waals surface area (Å²) in [5.41, 5.74) is 7.54. The van der Waals surface area contributed by atoms with Gasteiger partial charge < -0.3 is 18.1 Å². The van der Waals surface area contributed by atoms with Gasteiger partial charge in [-0.15, -0.1) is 0 Å². The Labute approximate surface area is 272 Å². The van der Waals surface area contributed by atoms with E-state index in [4.69, 9.17) is 18.1 Å². The molecule has 0 aliphatic rings. The Morgan fingerprint density at radius 3 is 0.761 bits per heavy atom. The molecule has 0 unspecified atom stereocenters. The minimum absolute atomic E-state index is 0.292. The van der Waals surface area contributed by atoms with Crippen LogP contribution >= 0.6 is 15.2 Å². The van der Waals surface area contributed by atoms with Crippen molar-refractivity contribution in [2.24, 2.45) is 0 Å². The van der Waals surface area contributed by atoms with Gasteiger partial charge in [0.15, 0.2) is 0 Å². The molecule has 6 nitrogen and oxygen atoms in total. The Kier molecular flexibility index (Phi) is 9.54. The van der Waals surface area contributed by atoms with Gasteiger partial charge in [-0.05, 0) is 126 Å². The molecule has 0 amide bonds. The molecule has 0 radical (unpaired) electrons. The van der Waals surface area contributed by atoms with Crippen LogP contribution in [-0.4, -0.2) is 0 Å². The summed E-state index contributed by atoms with van der Waals surface area (Å²) in [6, 6.07) is 29.0. The lowest BCUT2D eigenvalue weighted by atomic mass is 10.1. The SMILES string of the molecule is Cc1ccc(OP(=O)(Oc2ccc(C)cc2C)c2ccc(P(=O)(Oc3ccc(C)cc3C)Oc3ccc(C)cc3C)cc2)c(C)c1. The summed E-state index contributed by atoms with van der Waals surface area (Å²) < 4.78 is 54.4. The van der Waals surface area contributed by atoms with E-state index in [0.717, 1.165) is 44.5 Å². The molecule has 0 atom stereocenters. The number of hydrogen-bond acceptors (Lipinski definition) is 6. The lowest BCUT2D eigenvalue weighted by Gasteiger charge is -2.24. The van der Waals surface area contributed by atoms with Crippen molar-refractivity contribution in [3.05, 3.63) is 142 Å². The van der Waals surface area contributed by atoms with E-state index >= 15 is 0 Å². The molecule has 5 aromatic carbocycles. The maximum absolute atomic E-state index is 14.7. The summed E-state index contributed by atoms with van der Waals surface area (Å²) in [5.74, 6) is 1.80. The molecule has 0 aliphatic carbocycles. The first-order chi connectivity index (χ1) is 21.7. The summed E-state index contributed by atoms with van der Waals surface area (Å²) in [7, 11) is -8.01. The van der Waals surface area contributed by atoms with E-state index in [9.17, 15) is 9.13 Å². The van der Waals surface area contributed by atoms with Gasteiger partial charge in [0.25, 0.3) is 0 Å². The molecule has 46 heavy (non-hydrogen) atoms. The molecule has 0 aliphatic heterocycles. The molecule has 5 rings (SSSR count). The van der Waals surface area contributed by atoms with Crippen molar-refractivity contribution in [2.75, 3.05) is 0 Å². The van der Waals surface area contributed by atoms with Crippen molar-refractivity contribution in [3.63, 3.8) is 0 Å². The minimum Gasteiger partial charge on any atom is -0.413 e. The topological polar surface area (TPSA) is 71.1 Å². The molecule has 0 saturated heterocycles. The van der Waals surface area contributed by atoms with E-state index in [1.165, 1.54) is 0 Å². The van der Waals surface area contributed by atoms with Crippen molar-refractivity contribution in [3.8, 4) is 23.0 Å². The third kappa shape index (κ3) is 7.41. The highest BCUT2D eigenvalue weighted by Crippen LogP contribution is 2.51. The van der Waals surface area contributed by atoms with Crippen LogP contribution in [0.5, 0.6) is 23.0 Å². The van der Waals surface area contributed by atoms with Crippen molar-refractivity contribution in [1.82, 2.24) is 0 Å². The third-order valence-electron chi connectivity index (χ3n) is 7.68. The van der Waals surface area contributed by atoms with Crippen LogP contribution in [0.1, 0.15) is 44.5 Å². The molecule has 0 bridgehead atoms. The molecule has 0 spiro atoms. The number of aryl methyl sites for hydroxylation is 8. The van der Waals surface area contributed by atoms with E-state index in [0.29, 0.717) is 33.6 Å². The summed E-state index contributed by atoms with van der Waals surface area (Å²) in [5, 5.41) is 0.585. The Hall–Kier alpha value is -4.24. The molecule has 5 aromatic rings. The smallest absolute Gasteiger partial charge is 0.413 e. The zero-order valence-electron chi connectivity index (χ0n) is 27.6. The predicted octanol–water partition coefficient (Wildman–Crippen LogP) is 10.1. The van der Waals surface area contributed by atoms with E-state index < -0.39 is 15.2 Å². The van der Waals surface area contributed by atoms with E-state index in [1.54, 1.807) is 48.5 Å². The Balaban J connectivity index is 1.58. The van der Waals surface area contributed by atoms with Gasteiger partial charge in [-0.1, -0.05) is 70.8 Å². The van der Waals surface area contributed by atoms with Gasteiger partial charge in [0.05, 0.1) is 10.6 Å². The van der Waals surface area contributed by atoms with Gasteiger partial charge in [-0.3, -0.25) is 0 Å². The highest BCUT2D eigenvalue weighted by molar-refractivity contribution is 7.63. The molecule has 0 heterocycles. The zero-order valence-corrected chi connectivity index (χ0v) is 29.4. The van der Waals surface area contributed by atoms with Gasteiger partial charge in [0.2, 0.25) is 0 Å². The van der Waals surface area contributed by atoms with Crippen LogP contribution in [0.25, 0.3) is 0 Å². The second kappa shape index (κ2) is 13.2. The fourth-order valence-corrected chi connectivity index (χ4v) is 8.57. The second-order valence-electron chi connectivity index (χ2n) is 12.0. The minimum atomic E-state index is -4.00. The molecule has 238 valence electrons. The monoisotopic (exact) mass is 654 g/mol. The fraction of sp³-hybridized carbons (Fsp3) is 0.211. The number of hydrogen-bond donors (Lipinski definition) is 0. The highest BCUT2D eigenvalue weighted by Gasteiger charge is 2.36. The molecule has 0 saturated carbocycles. The molecule has 0 N–H and O–H groups in total. The maximum Gasteiger partial charge on any atom is 0.462 e. The van der Waals surface area contributed by atoms with Crippen LogP contribution in [0.4, 0.5) is 0 Å². The van der Waals surface area contributed by atoms with E-state index in [-0.39, 0.29) is 0 Å². The Morgan fingerprint density at radius 1 is 0.348 bits per heavy atom.